The van der Waals surface area contributed by atoms with Gasteiger partial charge in [-0.05, 0) is 37.8 Å². The second kappa shape index (κ2) is 5.77. The van der Waals surface area contributed by atoms with Gasteiger partial charge < -0.3 is 10.6 Å². The summed E-state index contributed by atoms with van der Waals surface area (Å²) in [6, 6.07) is 3.23. The van der Waals surface area contributed by atoms with E-state index in [1.807, 2.05) is 0 Å². The second-order valence-electron chi connectivity index (χ2n) is 4.66. The van der Waals surface area contributed by atoms with Crippen molar-refractivity contribution in [2.24, 2.45) is 11.7 Å². The van der Waals surface area contributed by atoms with Crippen molar-refractivity contribution >= 4 is 11.5 Å². The fraction of sp³-hybridized carbons (Fsp3) is 0.583. The number of aromatic nitrogens is 1. The maximum atomic E-state index is 10.6. The minimum absolute atomic E-state index is 0.0364. The van der Waals surface area contributed by atoms with Gasteiger partial charge in [-0.1, -0.05) is 0 Å². The predicted octanol–water partition coefficient (Wildman–Crippen LogP) is 1.55. The molecule has 0 spiro atoms. The Morgan fingerprint density at radius 1 is 1.56 bits per heavy atom. The van der Waals surface area contributed by atoms with Gasteiger partial charge in [-0.15, -0.1) is 0 Å². The van der Waals surface area contributed by atoms with Gasteiger partial charge in [0, 0.05) is 19.2 Å². The maximum absolute atomic E-state index is 10.6. The molecule has 2 N–H and O–H groups in total. The Labute approximate surface area is 106 Å². The zero-order chi connectivity index (χ0) is 13.0. The van der Waals surface area contributed by atoms with Crippen molar-refractivity contribution in [2.75, 3.05) is 24.5 Å². The van der Waals surface area contributed by atoms with Crippen LogP contribution in [0.25, 0.3) is 0 Å². The van der Waals surface area contributed by atoms with Gasteiger partial charge in [-0.3, -0.25) is 10.1 Å². The number of rotatable bonds is 4. The van der Waals surface area contributed by atoms with Crippen LogP contribution in [0.15, 0.2) is 18.3 Å². The van der Waals surface area contributed by atoms with Crippen molar-refractivity contribution < 1.29 is 4.92 Å². The first kappa shape index (κ1) is 12.8. The third kappa shape index (κ3) is 2.95. The minimum atomic E-state index is -0.426. The van der Waals surface area contributed by atoms with Crippen LogP contribution in [0, 0.1) is 16.0 Å². The molecule has 0 radical (unpaired) electrons. The fourth-order valence-corrected chi connectivity index (χ4v) is 2.42. The van der Waals surface area contributed by atoms with E-state index in [9.17, 15) is 10.1 Å². The Morgan fingerprint density at radius 2 is 2.39 bits per heavy atom. The van der Waals surface area contributed by atoms with E-state index in [-0.39, 0.29) is 5.69 Å². The Balaban J connectivity index is 2.04. The molecule has 0 aromatic carbocycles. The van der Waals surface area contributed by atoms with Crippen molar-refractivity contribution in [3.63, 3.8) is 0 Å². The number of anilines is 1. The Morgan fingerprint density at radius 3 is 3.00 bits per heavy atom. The van der Waals surface area contributed by atoms with E-state index in [4.69, 9.17) is 5.73 Å². The van der Waals surface area contributed by atoms with Crippen LogP contribution in [0.2, 0.25) is 0 Å². The van der Waals surface area contributed by atoms with Crippen molar-refractivity contribution in [3.05, 3.63) is 28.4 Å². The lowest BCUT2D eigenvalue weighted by Crippen LogP contribution is -2.36. The number of piperidine rings is 1. The zero-order valence-electron chi connectivity index (χ0n) is 10.3. The number of nitrogens with zero attached hydrogens (tertiary/aromatic N) is 3. The predicted molar refractivity (Wildman–Crippen MR) is 69.5 cm³/mol. The lowest BCUT2D eigenvalue weighted by atomic mass is 9.95. The number of nitrogens with two attached hydrogens (primary N) is 1. The topological polar surface area (TPSA) is 85.3 Å². The highest BCUT2D eigenvalue weighted by molar-refractivity contribution is 5.43. The van der Waals surface area contributed by atoms with E-state index in [2.05, 4.69) is 9.88 Å². The molecule has 2 heterocycles. The van der Waals surface area contributed by atoms with Crippen LogP contribution in [0.1, 0.15) is 19.3 Å². The molecule has 2 rings (SSSR count). The summed E-state index contributed by atoms with van der Waals surface area (Å²) < 4.78 is 0. The molecule has 1 unspecified atom stereocenters. The molecule has 0 bridgehead atoms. The molecule has 0 saturated carbocycles. The lowest BCUT2D eigenvalue weighted by molar-refractivity contribution is -0.385. The second-order valence-corrected chi connectivity index (χ2v) is 4.66. The maximum Gasteiger partial charge on any atom is 0.287 e. The van der Waals surface area contributed by atoms with Crippen LogP contribution in [-0.2, 0) is 0 Å². The van der Waals surface area contributed by atoms with Crippen molar-refractivity contribution in [2.45, 2.75) is 19.3 Å². The first-order valence-electron chi connectivity index (χ1n) is 6.26. The van der Waals surface area contributed by atoms with Crippen LogP contribution in [0.4, 0.5) is 11.5 Å². The average molecular weight is 250 g/mol. The van der Waals surface area contributed by atoms with Crippen LogP contribution in [0.3, 0.4) is 0 Å². The summed E-state index contributed by atoms with van der Waals surface area (Å²) in [6.07, 6.45) is 4.69. The van der Waals surface area contributed by atoms with Gasteiger partial charge in [-0.2, -0.15) is 0 Å². The van der Waals surface area contributed by atoms with Crippen LogP contribution >= 0.6 is 0 Å². The standard InChI is InChI=1S/C12H18N4O2/c13-6-5-10-2-1-7-15(9-10)12-4-3-11(8-14-12)16(17)18/h3-4,8,10H,1-2,5-7,9,13H2. The molecule has 1 aromatic rings. The molecule has 6 nitrogen and oxygen atoms in total. The highest BCUT2D eigenvalue weighted by Gasteiger charge is 2.20. The molecule has 98 valence electrons. The van der Waals surface area contributed by atoms with E-state index in [0.29, 0.717) is 12.5 Å². The molecule has 0 aliphatic carbocycles. The molecule has 1 aliphatic rings. The average Bonchev–Trinajstić information content (AvgIpc) is 2.39. The van der Waals surface area contributed by atoms with Gasteiger partial charge in [0.25, 0.3) is 5.69 Å². The first-order valence-corrected chi connectivity index (χ1v) is 6.26. The molecule has 6 heteroatoms. The zero-order valence-corrected chi connectivity index (χ0v) is 10.3. The smallest absolute Gasteiger partial charge is 0.287 e. The number of pyridine rings is 1. The monoisotopic (exact) mass is 250 g/mol. The molecule has 1 saturated heterocycles. The van der Waals surface area contributed by atoms with Gasteiger partial charge in [0.05, 0.1) is 4.92 Å². The Bertz CT molecular complexity index is 405. The van der Waals surface area contributed by atoms with E-state index in [1.54, 1.807) is 6.07 Å². The quantitative estimate of drug-likeness (QED) is 0.647. The fourth-order valence-electron chi connectivity index (χ4n) is 2.42. The van der Waals surface area contributed by atoms with Gasteiger partial charge in [0.15, 0.2) is 0 Å². The molecule has 1 atom stereocenters. The third-order valence-electron chi connectivity index (χ3n) is 3.36. The molecule has 1 aliphatic heterocycles. The summed E-state index contributed by atoms with van der Waals surface area (Å²) in [5, 5.41) is 10.6. The van der Waals surface area contributed by atoms with Crippen LogP contribution in [-0.4, -0.2) is 29.5 Å². The van der Waals surface area contributed by atoms with Crippen LogP contribution in [0.5, 0.6) is 0 Å². The van der Waals surface area contributed by atoms with E-state index in [0.717, 1.165) is 31.7 Å². The highest BCUT2D eigenvalue weighted by Crippen LogP contribution is 2.24. The SMILES string of the molecule is NCCC1CCCN(c2ccc([N+](=O)[O-])cn2)C1. The van der Waals surface area contributed by atoms with E-state index in [1.165, 1.54) is 18.7 Å². The summed E-state index contributed by atoms with van der Waals surface area (Å²) >= 11 is 0. The van der Waals surface area contributed by atoms with Crippen molar-refractivity contribution in [3.8, 4) is 0 Å². The normalized spacial score (nSPS) is 19.8. The Hall–Kier alpha value is -1.69. The van der Waals surface area contributed by atoms with E-state index < -0.39 is 4.92 Å². The molecule has 1 aromatic heterocycles. The molecular formula is C12H18N4O2. The first-order chi connectivity index (χ1) is 8.70. The number of hydrogen-bond donors (Lipinski definition) is 1. The largest absolute Gasteiger partial charge is 0.356 e. The minimum Gasteiger partial charge on any atom is -0.356 e. The van der Waals surface area contributed by atoms with Crippen LogP contribution < -0.4 is 10.6 Å². The van der Waals surface area contributed by atoms with Gasteiger partial charge in [0.1, 0.15) is 12.0 Å². The summed E-state index contributed by atoms with van der Waals surface area (Å²) in [4.78, 5) is 16.5. The third-order valence-corrected chi connectivity index (χ3v) is 3.36. The molecule has 18 heavy (non-hydrogen) atoms. The Kier molecular flexibility index (Phi) is 4.09. The van der Waals surface area contributed by atoms with Crippen molar-refractivity contribution in [1.29, 1.82) is 0 Å². The summed E-state index contributed by atoms with van der Waals surface area (Å²) in [6.45, 7) is 2.63. The van der Waals surface area contributed by atoms with Gasteiger partial charge in [0.2, 0.25) is 0 Å². The lowest BCUT2D eigenvalue weighted by Gasteiger charge is -2.33. The van der Waals surface area contributed by atoms with Gasteiger partial charge in [-0.25, -0.2) is 4.98 Å². The van der Waals surface area contributed by atoms with Crippen molar-refractivity contribution in [1.82, 2.24) is 4.98 Å². The van der Waals surface area contributed by atoms with E-state index >= 15 is 0 Å². The number of nitro groups is 1. The summed E-state index contributed by atoms with van der Waals surface area (Å²) in [7, 11) is 0. The van der Waals surface area contributed by atoms with Gasteiger partial charge >= 0.3 is 0 Å². The number of hydrogen-bond acceptors (Lipinski definition) is 5. The highest BCUT2D eigenvalue weighted by atomic mass is 16.6. The summed E-state index contributed by atoms with van der Waals surface area (Å²) in [5.41, 5.74) is 5.62. The summed E-state index contributed by atoms with van der Waals surface area (Å²) in [5.74, 6) is 1.43. The molecule has 0 amide bonds. The molecule has 1 fully saturated rings. The molecular weight excluding hydrogens is 232 g/mol.